The molecule has 1 saturated heterocycles. The first-order chi connectivity index (χ1) is 9.56. The number of hydrogen-bond acceptors (Lipinski definition) is 5. The van der Waals surface area contributed by atoms with E-state index in [0.29, 0.717) is 12.3 Å². The van der Waals surface area contributed by atoms with Crippen LogP contribution in [0.4, 0.5) is 11.4 Å². The van der Waals surface area contributed by atoms with E-state index >= 15 is 0 Å². The van der Waals surface area contributed by atoms with E-state index in [4.69, 9.17) is 0 Å². The molecule has 116 valence electrons. The number of nitrogens with one attached hydrogen (secondary N) is 2. The molecule has 0 unspecified atom stereocenters. The summed E-state index contributed by atoms with van der Waals surface area (Å²) in [5.41, 5.74) is -0.0851. The molecule has 0 aliphatic carbocycles. The van der Waals surface area contributed by atoms with Crippen molar-refractivity contribution in [2.75, 3.05) is 18.4 Å². The Balaban J connectivity index is 0.00000220. The highest BCUT2D eigenvalue weighted by molar-refractivity contribution is 5.92. The van der Waals surface area contributed by atoms with E-state index in [1.165, 1.54) is 12.1 Å². The molecule has 0 spiro atoms. The van der Waals surface area contributed by atoms with Gasteiger partial charge in [0.1, 0.15) is 5.75 Å². The molecular weight excluding hydrogens is 298 g/mol. The quantitative estimate of drug-likeness (QED) is 0.448. The lowest BCUT2D eigenvalue weighted by molar-refractivity contribution is -0.384. The summed E-state index contributed by atoms with van der Waals surface area (Å²) in [5, 5.41) is 26.1. The fraction of sp³-hybridized carbons (Fsp3) is 0.462. The Hall–Kier alpha value is -1.86. The number of aromatic hydroxyl groups is 1. The summed E-state index contributed by atoms with van der Waals surface area (Å²) >= 11 is 0. The van der Waals surface area contributed by atoms with Crippen molar-refractivity contribution >= 4 is 29.7 Å². The molecule has 1 heterocycles. The van der Waals surface area contributed by atoms with E-state index in [1.807, 2.05) is 0 Å². The topological polar surface area (TPSA) is 104 Å². The maximum absolute atomic E-state index is 11.9. The van der Waals surface area contributed by atoms with Crippen molar-refractivity contribution in [1.82, 2.24) is 5.32 Å². The summed E-state index contributed by atoms with van der Waals surface area (Å²) in [6.07, 6.45) is 2.24. The maximum Gasteiger partial charge on any atom is 0.271 e. The van der Waals surface area contributed by atoms with Gasteiger partial charge in [0.15, 0.2) is 0 Å². The van der Waals surface area contributed by atoms with Crippen LogP contribution in [0.3, 0.4) is 0 Å². The SMILES string of the molecule is Cl.O=C(CC1CCNCC1)Nc1cc([N+](=O)[O-])ccc1O. The fourth-order valence-corrected chi connectivity index (χ4v) is 2.29. The van der Waals surface area contributed by atoms with E-state index in [0.717, 1.165) is 32.0 Å². The van der Waals surface area contributed by atoms with Crippen molar-refractivity contribution in [2.24, 2.45) is 5.92 Å². The minimum atomic E-state index is -0.568. The number of hydrogen-bond donors (Lipinski definition) is 3. The number of phenolic OH excluding ortho intramolecular Hbond substituents is 1. The van der Waals surface area contributed by atoms with Crippen LogP contribution in [0, 0.1) is 16.0 Å². The number of piperidine rings is 1. The highest BCUT2D eigenvalue weighted by Crippen LogP contribution is 2.28. The number of nitrogens with zero attached hydrogens (tertiary/aromatic N) is 1. The van der Waals surface area contributed by atoms with Gasteiger partial charge in [0.2, 0.25) is 5.91 Å². The first kappa shape index (κ1) is 17.2. The second-order valence-corrected chi connectivity index (χ2v) is 4.90. The third-order valence-corrected chi connectivity index (χ3v) is 3.40. The number of phenols is 1. The molecule has 1 aliphatic rings. The van der Waals surface area contributed by atoms with Gasteiger partial charge in [-0.25, -0.2) is 0 Å². The van der Waals surface area contributed by atoms with Gasteiger partial charge in [0, 0.05) is 18.6 Å². The number of carbonyl (C=O) groups is 1. The molecule has 0 radical (unpaired) electrons. The largest absolute Gasteiger partial charge is 0.506 e. The van der Waals surface area contributed by atoms with Crippen molar-refractivity contribution in [3.8, 4) is 5.75 Å². The van der Waals surface area contributed by atoms with Gasteiger partial charge in [-0.15, -0.1) is 12.4 Å². The first-order valence-electron chi connectivity index (χ1n) is 6.54. The summed E-state index contributed by atoms with van der Waals surface area (Å²) in [6.45, 7) is 1.81. The Bertz CT molecular complexity index is 518. The molecule has 21 heavy (non-hydrogen) atoms. The summed E-state index contributed by atoms with van der Waals surface area (Å²) in [7, 11) is 0. The van der Waals surface area contributed by atoms with E-state index < -0.39 is 4.92 Å². The van der Waals surface area contributed by atoms with Gasteiger partial charge in [0.05, 0.1) is 10.6 Å². The summed E-state index contributed by atoms with van der Waals surface area (Å²) in [4.78, 5) is 22.0. The first-order valence-corrected chi connectivity index (χ1v) is 6.54. The monoisotopic (exact) mass is 315 g/mol. The number of non-ortho nitro benzene ring substituents is 1. The van der Waals surface area contributed by atoms with E-state index in [1.54, 1.807) is 0 Å². The maximum atomic E-state index is 11.9. The lowest BCUT2D eigenvalue weighted by Gasteiger charge is -2.21. The van der Waals surface area contributed by atoms with Crippen LogP contribution in [0.25, 0.3) is 0 Å². The highest BCUT2D eigenvalue weighted by atomic mass is 35.5. The van der Waals surface area contributed by atoms with Crippen molar-refractivity contribution in [1.29, 1.82) is 0 Å². The third-order valence-electron chi connectivity index (χ3n) is 3.40. The fourth-order valence-electron chi connectivity index (χ4n) is 2.29. The smallest absolute Gasteiger partial charge is 0.271 e. The van der Waals surface area contributed by atoms with E-state index in [9.17, 15) is 20.0 Å². The van der Waals surface area contributed by atoms with Gasteiger partial charge in [-0.2, -0.15) is 0 Å². The Morgan fingerprint density at radius 1 is 1.43 bits per heavy atom. The van der Waals surface area contributed by atoms with Crippen LogP contribution in [-0.2, 0) is 4.79 Å². The van der Waals surface area contributed by atoms with Crippen molar-refractivity contribution in [3.63, 3.8) is 0 Å². The van der Waals surface area contributed by atoms with Crippen molar-refractivity contribution in [3.05, 3.63) is 28.3 Å². The molecular formula is C13H18ClN3O4. The molecule has 8 heteroatoms. The zero-order valence-electron chi connectivity index (χ0n) is 11.4. The van der Waals surface area contributed by atoms with Crippen LogP contribution in [0.1, 0.15) is 19.3 Å². The number of rotatable bonds is 4. The van der Waals surface area contributed by atoms with Crippen LogP contribution >= 0.6 is 12.4 Å². The molecule has 1 aromatic rings. The Labute approximate surface area is 128 Å². The van der Waals surface area contributed by atoms with Gasteiger partial charge >= 0.3 is 0 Å². The standard InChI is InChI=1S/C13H17N3O4.ClH/c17-12-2-1-10(16(19)20)8-11(12)15-13(18)7-9-3-5-14-6-4-9;/h1-2,8-9,14,17H,3-7H2,(H,15,18);1H. The number of amides is 1. The zero-order valence-corrected chi connectivity index (χ0v) is 12.2. The van der Waals surface area contributed by atoms with Crippen LogP contribution in [0.5, 0.6) is 5.75 Å². The molecule has 0 atom stereocenters. The molecule has 0 bridgehead atoms. The lowest BCUT2D eigenvalue weighted by atomic mass is 9.94. The van der Waals surface area contributed by atoms with E-state index in [2.05, 4.69) is 10.6 Å². The van der Waals surface area contributed by atoms with E-state index in [-0.39, 0.29) is 35.4 Å². The second-order valence-electron chi connectivity index (χ2n) is 4.90. The average molecular weight is 316 g/mol. The number of anilines is 1. The normalized spacial score (nSPS) is 15.0. The highest BCUT2D eigenvalue weighted by Gasteiger charge is 2.18. The lowest BCUT2D eigenvalue weighted by Crippen LogP contribution is -2.30. The predicted molar refractivity (Wildman–Crippen MR) is 80.8 cm³/mol. The van der Waals surface area contributed by atoms with Crippen LogP contribution in [0.2, 0.25) is 0 Å². The summed E-state index contributed by atoms with van der Waals surface area (Å²) < 4.78 is 0. The van der Waals surface area contributed by atoms with Crippen molar-refractivity contribution in [2.45, 2.75) is 19.3 Å². The molecule has 1 aromatic carbocycles. The Morgan fingerprint density at radius 3 is 2.71 bits per heavy atom. The number of nitro benzene ring substituents is 1. The number of halogens is 1. The van der Waals surface area contributed by atoms with Crippen LogP contribution in [0.15, 0.2) is 18.2 Å². The number of nitro groups is 1. The average Bonchev–Trinajstić information content (AvgIpc) is 2.42. The van der Waals surface area contributed by atoms with Gasteiger partial charge < -0.3 is 15.7 Å². The molecule has 7 nitrogen and oxygen atoms in total. The molecule has 0 aromatic heterocycles. The molecule has 0 saturated carbocycles. The molecule has 2 rings (SSSR count). The second kappa shape index (κ2) is 7.80. The summed E-state index contributed by atoms with van der Waals surface area (Å²) in [5.74, 6) is -0.0842. The van der Waals surface area contributed by atoms with Gasteiger partial charge in [0.25, 0.3) is 5.69 Å². The van der Waals surface area contributed by atoms with Crippen LogP contribution < -0.4 is 10.6 Å². The third kappa shape index (κ3) is 4.87. The molecule has 1 amide bonds. The zero-order chi connectivity index (χ0) is 14.5. The number of carbonyl (C=O) groups excluding carboxylic acids is 1. The Kier molecular flexibility index (Phi) is 6.39. The van der Waals surface area contributed by atoms with Crippen LogP contribution in [-0.4, -0.2) is 29.0 Å². The van der Waals surface area contributed by atoms with Crippen molar-refractivity contribution < 1.29 is 14.8 Å². The number of benzene rings is 1. The summed E-state index contributed by atoms with van der Waals surface area (Å²) in [6, 6.07) is 3.56. The van der Waals surface area contributed by atoms with Gasteiger partial charge in [-0.1, -0.05) is 0 Å². The minimum Gasteiger partial charge on any atom is -0.506 e. The van der Waals surface area contributed by atoms with Gasteiger partial charge in [-0.3, -0.25) is 14.9 Å². The minimum absolute atomic E-state index is 0. The molecule has 1 fully saturated rings. The Morgan fingerprint density at radius 2 is 2.10 bits per heavy atom. The molecule has 1 aliphatic heterocycles. The predicted octanol–water partition coefficient (Wildman–Crippen LogP) is 2.05. The molecule has 3 N–H and O–H groups in total. The van der Waals surface area contributed by atoms with Gasteiger partial charge in [-0.05, 0) is 37.9 Å².